The highest BCUT2D eigenvalue weighted by Gasteiger charge is 2.36. The van der Waals surface area contributed by atoms with Gasteiger partial charge in [0, 0.05) is 30.7 Å². The molecule has 6 heteroatoms. The predicted octanol–water partition coefficient (Wildman–Crippen LogP) is 3.85. The molecule has 1 aliphatic heterocycles. The number of Topliss-reactive ketones (excluding diaryl/α,β-unsaturated/α-hetero) is 1. The summed E-state index contributed by atoms with van der Waals surface area (Å²) in [4.78, 5) is 14.2. The molecule has 0 aromatic carbocycles. The van der Waals surface area contributed by atoms with E-state index < -0.39 is 5.51 Å². The summed E-state index contributed by atoms with van der Waals surface area (Å²) in [6, 6.07) is 0.186. The average Bonchev–Trinajstić information content (AvgIpc) is 2.39. The Morgan fingerprint density at radius 2 is 1.90 bits per heavy atom. The Morgan fingerprint density at radius 3 is 2.60 bits per heavy atom. The highest BCUT2D eigenvalue weighted by molar-refractivity contribution is 8.00. The van der Waals surface area contributed by atoms with Crippen molar-refractivity contribution in [2.24, 2.45) is 5.92 Å². The lowest BCUT2D eigenvalue weighted by Gasteiger charge is -2.41. The van der Waals surface area contributed by atoms with Gasteiger partial charge in [-0.15, -0.1) is 0 Å². The van der Waals surface area contributed by atoms with Gasteiger partial charge >= 0.3 is 5.51 Å². The Labute approximate surface area is 122 Å². The largest absolute Gasteiger partial charge is 0.441 e. The minimum Gasteiger partial charge on any atom is -0.299 e. The van der Waals surface area contributed by atoms with Crippen LogP contribution in [0.2, 0.25) is 0 Å². The minimum atomic E-state index is -4.15. The molecule has 2 aliphatic rings. The average molecular weight is 309 g/mol. The predicted molar refractivity (Wildman–Crippen MR) is 74.7 cm³/mol. The smallest absolute Gasteiger partial charge is 0.299 e. The first kappa shape index (κ1) is 16.1. The van der Waals surface area contributed by atoms with E-state index in [1.54, 1.807) is 0 Å². The molecule has 116 valence electrons. The van der Waals surface area contributed by atoms with E-state index in [0.717, 1.165) is 45.1 Å². The van der Waals surface area contributed by atoms with Crippen molar-refractivity contribution in [3.05, 3.63) is 0 Å². The number of piperidine rings is 1. The zero-order valence-corrected chi connectivity index (χ0v) is 12.4. The second kappa shape index (κ2) is 7.16. The second-order valence-corrected chi connectivity index (χ2v) is 6.87. The van der Waals surface area contributed by atoms with Crippen molar-refractivity contribution in [2.75, 3.05) is 18.8 Å². The van der Waals surface area contributed by atoms with Crippen LogP contribution in [0.15, 0.2) is 0 Å². The number of thioether (sulfide) groups is 1. The zero-order valence-electron chi connectivity index (χ0n) is 11.6. The van der Waals surface area contributed by atoms with Crippen LogP contribution in [-0.2, 0) is 4.79 Å². The number of likely N-dealkylation sites (tertiary alicyclic amines) is 1. The normalized spacial score (nSPS) is 29.6. The molecule has 0 amide bonds. The topological polar surface area (TPSA) is 20.3 Å². The first-order valence-corrected chi connectivity index (χ1v) is 8.43. The standard InChI is InChI=1S/C14H22F3NOS/c15-14(16,17)20-10-9-18-8-4-3-6-12(18)11-5-1-2-7-13(11)19/h11-12H,1-10H2. The first-order chi connectivity index (χ1) is 9.47. The number of halogens is 3. The Hall–Kier alpha value is -0.230. The molecule has 2 nitrogen and oxygen atoms in total. The van der Waals surface area contributed by atoms with E-state index in [1.165, 1.54) is 0 Å². The van der Waals surface area contributed by atoms with E-state index in [0.29, 0.717) is 18.7 Å². The highest BCUT2D eigenvalue weighted by atomic mass is 32.2. The van der Waals surface area contributed by atoms with Crippen molar-refractivity contribution in [3.8, 4) is 0 Å². The Balaban J connectivity index is 1.89. The van der Waals surface area contributed by atoms with Crippen molar-refractivity contribution < 1.29 is 18.0 Å². The number of carbonyl (C=O) groups excluding carboxylic acids is 1. The van der Waals surface area contributed by atoms with E-state index >= 15 is 0 Å². The molecule has 1 heterocycles. The molecule has 0 N–H and O–H groups in total. The Kier molecular flexibility index (Phi) is 5.78. The SMILES string of the molecule is O=C1CCCCC1C1CCCCN1CCSC(F)(F)F. The van der Waals surface area contributed by atoms with Crippen molar-refractivity contribution in [1.29, 1.82) is 0 Å². The van der Waals surface area contributed by atoms with Crippen LogP contribution in [0.1, 0.15) is 44.9 Å². The van der Waals surface area contributed by atoms with Crippen LogP contribution in [0.5, 0.6) is 0 Å². The van der Waals surface area contributed by atoms with E-state index in [-0.39, 0.29) is 29.5 Å². The monoisotopic (exact) mass is 309 g/mol. The van der Waals surface area contributed by atoms with Gasteiger partial charge in [-0.05, 0) is 44.0 Å². The van der Waals surface area contributed by atoms with Crippen molar-refractivity contribution in [3.63, 3.8) is 0 Å². The molecule has 0 bridgehead atoms. The van der Waals surface area contributed by atoms with Gasteiger partial charge in [-0.25, -0.2) is 0 Å². The molecular weight excluding hydrogens is 287 g/mol. The van der Waals surface area contributed by atoms with E-state index in [1.807, 2.05) is 0 Å². The number of hydrogen-bond acceptors (Lipinski definition) is 3. The van der Waals surface area contributed by atoms with Gasteiger partial charge in [-0.3, -0.25) is 9.69 Å². The fourth-order valence-electron chi connectivity index (χ4n) is 3.45. The van der Waals surface area contributed by atoms with Gasteiger partial charge in [0.2, 0.25) is 0 Å². The molecule has 1 aliphatic carbocycles. The third-order valence-corrected chi connectivity index (χ3v) is 5.09. The van der Waals surface area contributed by atoms with Crippen LogP contribution < -0.4 is 0 Å². The summed E-state index contributed by atoms with van der Waals surface area (Å²) in [5, 5.41) is 0. The molecule has 0 radical (unpaired) electrons. The number of nitrogens with zero attached hydrogens (tertiary/aromatic N) is 1. The molecule has 1 saturated carbocycles. The quantitative estimate of drug-likeness (QED) is 0.786. The molecule has 2 atom stereocenters. The highest BCUT2D eigenvalue weighted by Crippen LogP contribution is 2.33. The fraction of sp³-hybridized carbons (Fsp3) is 0.929. The number of alkyl halides is 3. The lowest BCUT2D eigenvalue weighted by Crippen LogP contribution is -2.48. The summed E-state index contributed by atoms with van der Waals surface area (Å²) in [5.74, 6) is 0.470. The third kappa shape index (κ3) is 4.65. The molecule has 2 fully saturated rings. The number of carbonyl (C=O) groups is 1. The summed E-state index contributed by atoms with van der Waals surface area (Å²) in [7, 11) is 0. The molecule has 0 spiro atoms. The lowest BCUT2D eigenvalue weighted by atomic mass is 9.79. The third-order valence-electron chi connectivity index (χ3n) is 4.37. The van der Waals surface area contributed by atoms with E-state index in [2.05, 4.69) is 4.90 Å². The van der Waals surface area contributed by atoms with Crippen LogP contribution >= 0.6 is 11.8 Å². The summed E-state index contributed by atoms with van der Waals surface area (Å²) in [5.41, 5.74) is -4.15. The number of ketones is 1. The van der Waals surface area contributed by atoms with Gasteiger partial charge in [0.05, 0.1) is 0 Å². The van der Waals surface area contributed by atoms with E-state index in [4.69, 9.17) is 0 Å². The lowest BCUT2D eigenvalue weighted by molar-refractivity contribution is -0.127. The first-order valence-electron chi connectivity index (χ1n) is 7.45. The van der Waals surface area contributed by atoms with Crippen molar-refractivity contribution >= 4 is 17.5 Å². The molecule has 0 aromatic rings. The van der Waals surface area contributed by atoms with Crippen LogP contribution in [-0.4, -0.2) is 41.1 Å². The number of rotatable bonds is 4. The van der Waals surface area contributed by atoms with Gasteiger partial charge in [0.15, 0.2) is 0 Å². The Morgan fingerprint density at radius 1 is 1.15 bits per heavy atom. The van der Waals surface area contributed by atoms with Crippen LogP contribution in [0, 0.1) is 5.92 Å². The molecule has 0 aromatic heterocycles. The second-order valence-electron chi connectivity index (χ2n) is 5.71. The number of hydrogen-bond donors (Lipinski definition) is 0. The molecule has 2 unspecified atom stereocenters. The van der Waals surface area contributed by atoms with Gasteiger partial charge in [-0.2, -0.15) is 13.2 Å². The Bertz CT molecular complexity index is 335. The van der Waals surface area contributed by atoms with Crippen molar-refractivity contribution in [1.82, 2.24) is 4.90 Å². The van der Waals surface area contributed by atoms with Gasteiger partial charge in [0.25, 0.3) is 0 Å². The van der Waals surface area contributed by atoms with Crippen LogP contribution in [0.3, 0.4) is 0 Å². The maximum absolute atomic E-state index is 12.2. The molecule has 2 rings (SSSR count). The van der Waals surface area contributed by atoms with Gasteiger partial charge in [-0.1, -0.05) is 12.8 Å². The van der Waals surface area contributed by atoms with E-state index in [9.17, 15) is 18.0 Å². The maximum atomic E-state index is 12.2. The van der Waals surface area contributed by atoms with Gasteiger partial charge < -0.3 is 0 Å². The summed E-state index contributed by atoms with van der Waals surface area (Å²) in [6.07, 6.45) is 6.74. The summed E-state index contributed by atoms with van der Waals surface area (Å²) < 4.78 is 36.6. The van der Waals surface area contributed by atoms with Crippen LogP contribution in [0.4, 0.5) is 13.2 Å². The summed E-state index contributed by atoms with van der Waals surface area (Å²) in [6.45, 7) is 1.28. The minimum absolute atomic E-state index is 0.0501. The van der Waals surface area contributed by atoms with Crippen LogP contribution in [0.25, 0.3) is 0 Å². The molecular formula is C14H22F3NOS. The summed E-state index contributed by atoms with van der Waals surface area (Å²) >= 11 is 0.0501. The van der Waals surface area contributed by atoms with Gasteiger partial charge in [0.1, 0.15) is 5.78 Å². The zero-order chi connectivity index (χ0) is 14.6. The molecule has 20 heavy (non-hydrogen) atoms. The van der Waals surface area contributed by atoms with Crippen molar-refractivity contribution in [2.45, 2.75) is 56.5 Å². The molecule has 1 saturated heterocycles. The maximum Gasteiger partial charge on any atom is 0.441 e. The fourth-order valence-corrected chi connectivity index (χ4v) is 4.00.